The standard InChI is InChI=1S/C8H7NS.C7H8/c1-6-9-7-4-2-3-5-8(7)10-6;1-7-5-3-2-4-6-7/h2-5H,1H3;2-6H,1H3. The maximum absolute atomic E-state index is 4.33. The molecule has 0 atom stereocenters. The number of hydrogen-bond donors (Lipinski definition) is 0. The molecule has 0 radical (unpaired) electrons. The topological polar surface area (TPSA) is 12.9 Å². The normalized spacial score (nSPS) is 9.76. The number of fused-ring (bicyclic) bond motifs is 1. The first-order chi connectivity index (χ1) is 8.25. The fraction of sp³-hybridized carbons (Fsp3) is 0.133. The van der Waals surface area contributed by atoms with Gasteiger partial charge in [0.25, 0.3) is 0 Å². The molecule has 0 bridgehead atoms. The van der Waals surface area contributed by atoms with E-state index in [2.05, 4.69) is 30.1 Å². The van der Waals surface area contributed by atoms with Crippen LogP contribution in [-0.2, 0) is 0 Å². The Hall–Kier alpha value is -1.67. The number of thiazole rings is 1. The van der Waals surface area contributed by atoms with Crippen molar-refractivity contribution in [3.8, 4) is 0 Å². The summed E-state index contributed by atoms with van der Waals surface area (Å²) in [7, 11) is 0. The second-order valence-corrected chi connectivity index (χ2v) is 5.09. The number of aryl methyl sites for hydroxylation is 2. The van der Waals surface area contributed by atoms with Gasteiger partial charge < -0.3 is 0 Å². The van der Waals surface area contributed by atoms with Crippen molar-refractivity contribution < 1.29 is 0 Å². The molecule has 0 aliphatic rings. The van der Waals surface area contributed by atoms with Gasteiger partial charge in [0, 0.05) is 0 Å². The second-order valence-electron chi connectivity index (χ2n) is 3.86. The van der Waals surface area contributed by atoms with Crippen LogP contribution >= 0.6 is 11.3 Å². The largest absolute Gasteiger partial charge is 0.242 e. The molecular weight excluding hydrogens is 226 g/mol. The van der Waals surface area contributed by atoms with Crippen LogP contribution in [0.25, 0.3) is 10.2 Å². The summed E-state index contributed by atoms with van der Waals surface area (Å²) in [5.41, 5.74) is 2.44. The smallest absolute Gasteiger partial charge is 0.0907 e. The van der Waals surface area contributed by atoms with Crippen molar-refractivity contribution in [3.05, 3.63) is 65.2 Å². The molecule has 2 aromatic carbocycles. The number of benzene rings is 2. The third-order valence-corrected chi connectivity index (χ3v) is 3.29. The van der Waals surface area contributed by atoms with Crippen molar-refractivity contribution in [1.29, 1.82) is 0 Å². The third kappa shape index (κ3) is 3.40. The Morgan fingerprint density at radius 1 is 0.824 bits per heavy atom. The van der Waals surface area contributed by atoms with Gasteiger partial charge in [0.2, 0.25) is 0 Å². The van der Waals surface area contributed by atoms with Crippen LogP contribution in [0.15, 0.2) is 54.6 Å². The van der Waals surface area contributed by atoms with Crippen LogP contribution in [0.4, 0.5) is 0 Å². The van der Waals surface area contributed by atoms with Crippen molar-refractivity contribution in [2.45, 2.75) is 13.8 Å². The van der Waals surface area contributed by atoms with Gasteiger partial charge in [-0.05, 0) is 26.0 Å². The van der Waals surface area contributed by atoms with Gasteiger partial charge in [-0.3, -0.25) is 0 Å². The summed E-state index contributed by atoms with van der Waals surface area (Å²) < 4.78 is 1.28. The number of aromatic nitrogens is 1. The fourth-order valence-corrected chi connectivity index (χ4v) is 2.35. The molecule has 1 nitrogen and oxygen atoms in total. The molecule has 0 fully saturated rings. The summed E-state index contributed by atoms with van der Waals surface area (Å²) in [4.78, 5) is 4.33. The number of nitrogens with zero attached hydrogens (tertiary/aromatic N) is 1. The Labute approximate surface area is 106 Å². The highest BCUT2D eigenvalue weighted by Crippen LogP contribution is 2.19. The lowest BCUT2D eigenvalue weighted by molar-refractivity contribution is 1.35. The molecule has 0 amide bonds. The van der Waals surface area contributed by atoms with Gasteiger partial charge in [-0.1, -0.05) is 48.0 Å². The van der Waals surface area contributed by atoms with Crippen molar-refractivity contribution in [2.75, 3.05) is 0 Å². The second kappa shape index (κ2) is 5.60. The van der Waals surface area contributed by atoms with Gasteiger partial charge in [0.05, 0.1) is 15.2 Å². The molecule has 0 N–H and O–H groups in total. The minimum atomic E-state index is 1.12. The van der Waals surface area contributed by atoms with Gasteiger partial charge in [0.15, 0.2) is 0 Å². The van der Waals surface area contributed by atoms with Gasteiger partial charge in [0.1, 0.15) is 0 Å². The SMILES string of the molecule is Cc1ccccc1.Cc1nc2ccccc2s1. The average molecular weight is 241 g/mol. The zero-order valence-electron chi connectivity index (χ0n) is 10.1. The summed E-state index contributed by atoms with van der Waals surface area (Å²) >= 11 is 1.74. The number of para-hydroxylation sites is 1. The van der Waals surface area contributed by atoms with E-state index in [1.807, 2.05) is 43.3 Å². The van der Waals surface area contributed by atoms with E-state index in [1.165, 1.54) is 10.3 Å². The fourth-order valence-electron chi connectivity index (χ4n) is 1.52. The van der Waals surface area contributed by atoms with Crippen molar-refractivity contribution in [1.82, 2.24) is 4.98 Å². The maximum Gasteiger partial charge on any atom is 0.0907 e. The van der Waals surface area contributed by atoms with Gasteiger partial charge in [-0.2, -0.15) is 0 Å². The van der Waals surface area contributed by atoms with Crippen LogP contribution in [0, 0.1) is 13.8 Å². The molecule has 1 heterocycles. The van der Waals surface area contributed by atoms with Crippen LogP contribution in [0.2, 0.25) is 0 Å². The molecule has 86 valence electrons. The van der Waals surface area contributed by atoms with Gasteiger partial charge >= 0.3 is 0 Å². The molecular formula is C15H15NS. The Balaban J connectivity index is 0.000000136. The van der Waals surface area contributed by atoms with Crippen molar-refractivity contribution >= 4 is 21.6 Å². The first kappa shape index (κ1) is 11.8. The molecule has 0 unspecified atom stereocenters. The molecule has 3 aromatic rings. The highest BCUT2D eigenvalue weighted by molar-refractivity contribution is 7.18. The van der Waals surface area contributed by atoms with Crippen LogP contribution < -0.4 is 0 Å². The summed E-state index contributed by atoms with van der Waals surface area (Å²) in [6.45, 7) is 4.12. The lowest BCUT2D eigenvalue weighted by atomic mass is 10.2. The molecule has 0 saturated heterocycles. The first-order valence-electron chi connectivity index (χ1n) is 5.59. The third-order valence-electron chi connectivity index (χ3n) is 2.34. The van der Waals surface area contributed by atoms with E-state index in [-0.39, 0.29) is 0 Å². The highest BCUT2D eigenvalue weighted by Gasteiger charge is 1.95. The average Bonchev–Trinajstić information content (AvgIpc) is 2.71. The van der Waals surface area contributed by atoms with E-state index in [1.54, 1.807) is 11.3 Å². The molecule has 2 heteroatoms. The van der Waals surface area contributed by atoms with E-state index < -0.39 is 0 Å². The van der Waals surface area contributed by atoms with Crippen LogP contribution in [-0.4, -0.2) is 4.98 Å². The maximum atomic E-state index is 4.33. The minimum absolute atomic E-state index is 1.12. The van der Waals surface area contributed by atoms with Crippen molar-refractivity contribution in [3.63, 3.8) is 0 Å². The Kier molecular flexibility index (Phi) is 3.89. The predicted octanol–water partition coefficient (Wildman–Crippen LogP) is 4.60. The Morgan fingerprint density at radius 2 is 1.47 bits per heavy atom. The summed E-state index contributed by atoms with van der Waals surface area (Å²) in [6.07, 6.45) is 0. The summed E-state index contributed by atoms with van der Waals surface area (Å²) in [5.74, 6) is 0. The van der Waals surface area contributed by atoms with Crippen LogP contribution in [0.5, 0.6) is 0 Å². The lowest BCUT2D eigenvalue weighted by Gasteiger charge is -1.82. The minimum Gasteiger partial charge on any atom is -0.242 e. The van der Waals surface area contributed by atoms with Crippen LogP contribution in [0.3, 0.4) is 0 Å². The molecule has 0 saturated carbocycles. The van der Waals surface area contributed by atoms with Gasteiger partial charge in [-0.15, -0.1) is 11.3 Å². The molecule has 0 spiro atoms. The summed E-state index contributed by atoms with van der Waals surface area (Å²) in [6, 6.07) is 18.5. The van der Waals surface area contributed by atoms with E-state index in [0.29, 0.717) is 0 Å². The molecule has 0 aliphatic carbocycles. The predicted molar refractivity (Wildman–Crippen MR) is 75.5 cm³/mol. The van der Waals surface area contributed by atoms with Crippen LogP contribution in [0.1, 0.15) is 10.6 Å². The molecule has 1 aromatic heterocycles. The van der Waals surface area contributed by atoms with Gasteiger partial charge in [-0.25, -0.2) is 4.98 Å². The zero-order valence-corrected chi connectivity index (χ0v) is 10.9. The first-order valence-corrected chi connectivity index (χ1v) is 6.41. The van der Waals surface area contributed by atoms with E-state index in [0.717, 1.165) is 10.5 Å². The molecule has 17 heavy (non-hydrogen) atoms. The number of hydrogen-bond acceptors (Lipinski definition) is 2. The van der Waals surface area contributed by atoms with E-state index >= 15 is 0 Å². The van der Waals surface area contributed by atoms with E-state index in [9.17, 15) is 0 Å². The van der Waals surface area contributed by atoms with Crippen molar-refractivity contribution in [2.24, 2.45) is 0 Å². The lowest BCUT2D eigenvalue weighted by Crippen LogP contribution is -1.65. The molecule has 0 aliphatic heterocycles. The highest BCUT2D eigenvalue weighted by atomic mass is 32.1. The molecule has 3 rings (SSSR count). The number of rotatable bonds is 0. The quantitative estimate of drug-likeness (QED) is 0.560. The van der Waals surface area contributed by atoms with E-state index in [4.69, 9.17) is 0 Å². The Morgan fingerprint density at radius 3 is 2.06 bits per heavy atom. The Bertz CT molecular complexity index is 551. The zero-order chi connectivity index (χ0) is 12.1. The monoisotopic (exact) mass is 241 g/mol. The summed E-state index contributed by atoms with van der Waals surface area (Å²) in [5, 5.41) is 1.14.